The fraction of sp³-hybridized carbons (Fsp3) is 0.800. The molecule has 0 saturated heterocycles. The van der Waals surface area contributed by atoms with Crippen molar-refractivity contribution in [2.75, 3.05) is 5.75 Å². The maximum atomic E-state index is 4.35. The molecule has 66 valence electrons. The smallest absolute Gasteiger partial charge is 0.00640 e. The average molecular weight is 172 g/mol. The molecule has 0 aliphatic carbocycles. The van der Waals surface area contributed by atoms with Crippen molar-refractivity contribution in [1.29, 1.82) is 0 Å². The molecule has 0 fully saturated rings. The molecule has 0 aromatic rings. The summed E-state index contributed by atoms with van der Waals surface area (Å²) in [6.45, 7) is 6.59. The highest BCUT2D eigenvalue weighted by molar-refractivity contribution is 7.80. The number of hydrogen-bond acceptors (Lipinski definition) is 1. The molecule has 2 atom stereocenters. The van der Waals surface area contributed by atoms with E-state index in [0.29, 0.717) is 5.92 Å². The van der Waals surface area contributed by atoms with E-state index in [4.69, 9.17) is 0 Å². The zero-order chi connectivity index (χ0) is 8.69. The largest absolute Gasteiger partial charge is 0.179 e. The van der Waals surface area contributed by atoms with Crippen LogP contribution in [0.15, 0.2) is 12.2 Å². The van der Waals surface area contributed by atoms with Crippen molar-refractivity contribution in [1.82, 2.24) is 0 Å². The van der Waals surface area contributed by atoms with Crippen molar-refractivity contribution >= 4 is 12.6 Å². The quantitative estimate of drug-likeness (QED) is 0.476. The van der Waals surface area contributed by atoms with Gasteiger partial charge in [-0.25, -0.2) is 0 Å². The lowest BCUT2D eigenvalue weighted by Crippen LogP contribution is -2.10. The number of hydrogen-bond donors (Lipinski definition) is 1. The van der Waals surface area contributed by atoms with E-state index in [2.05, 4.69) is 45.6 Å². The second-order valence-corrected chi connectivity index (χ2v) is 3.48. The second kappa shape index (κ2) is 6.78. The molecule has 0 radical (unpaired) electrons. The highest BCUT2D eigenvalue weighted by Crippen LogP contribution is 2.19. The van der Waals surface area contributed by atoms with Gasteiger partial charge >= 0.3 is 0 Å². The average Bonchev–Trinajstić information content (AvgIpc) is 2.00. The highest BCUT2D eigenvalue weighted by Gasteiger charge is 2.10. The SMILES string of the molecule is C/C=C\C(C)C(CS)CCC. The van der Waals surface area contributed by atoms with E-state index in [1.54, 1.807) is 0 Å². The summed E-state index contributed by atoms with van der Waals surface area (Å²) in [6.07, 6.45) is 6.98. The standard InChI is InChI=1S/C10H20S/c1-4-6-9(3)10(8-11)7-5-2/h4,6,9-11H,5,7-8H2,1-3H3/b6-4-. The van der Waals surface area contributed by atoms with Gasteiger partial charge in [0.25, 0.3) is 0 Å². The van der Waals surface area contributed by atoms with Crippen LogP contribution < -0.4 is 0 Å². The molecule has 0 aliphatic heterocycles. The summed E-state index contributed by atoms with van der Waals surface area (Å²) in [7, 11) is 0. The van der Waals surface area contributed by atoms with Crippen molar-refractivity contribution < 1.29 is 0 Å². The molecule has 0 amide bonds. The topological polar surface area (TPSA) is 0 Å². The number of rotatable bonds is 5. The van der Waals surface area contributed by atoms with E-state index in [1.807, 2.05) is 0 Å². The van der Waals surface area contributed by atoms with Crippen LogP contribution in [0.3, 0.4) is 0 Å². The Morgan fingerprint density at radius 3 is 2.45 bits per heavy atom. The third-order valence-electron chi connectivity index (χ3n) is 2.13. The van der Waals surface area contributed by atoms with Crippen LogP contribution in [0, 0.1) is 11.8 Å². The van der Waals surface area contributed by atoms with Gasteiger partial charge in [0.2, 0.25) is 0 Å². The maximum Gasteiger partial charge on any atom is -0.00640 e. The van der Waals surface area contributed by atoms with Gasteiger partial charge in [-0.3, -0.25) is 0 Å². The second-order valence-electron chi connectivity index (χ2n) is 3.12. The Labute approximate surface area is 76.5 Å². The number of allylic oxidation sites excluding steroid dienone is 2. The normalized spacial score (nSPS) is 17.1. The van der Waals surface area contributed by atoms with Crippen LogP contribution in [0.1, 0.15) is 33.6 Å². The summed E-state index contributed by atoms with van der Waals surface area (Å²) in [6, 6.07) is 0. The molecular weight excluding hydrogens is 152 g/mol. The van der Waals surface area contributed by atoms with Crippen molar-refractivity contribution in [3.63, 3.8) is 0 Å². The summed E-state index contributed by atoms with van der Waals surface area (Å²) in [4.78, 5) is 0. The Morgan fingerprint density at radius 2 is 2.09 bits per heavy atom. The van der Waals surface area contributed by atoms with Crippen LogP contribution in [0.4, 0.5) is 0 Å². The van der Waals surface area contributed by atoms with Gasteiger partial charge in [0.05, 0.1) is 0 Å². The van der Waals surface area contributed by atoms with Gasteiger partial charge < -0.3 is 0 Å². The molecule has 0 nitrogen and oxygen atoms in total. The van der Waals surface area contributed by atoms with Crippen LogP contribution >= 0.6 is 12.6 Å². The summed E-state index contributed by atoms with van der Waals surface area (Å²) >= 11 is 4.35. The molecule has 2 unspecified atom stereocenters. The van der Waals surface area contributed by atoms with Gasteiger partial charge in [0.15, 0.2) is 0 Å². The van der Waals surface area contributed by atoms with E-state index in [1.165, 1.54) is 12.8 Å². The van der Waals surface area contributed by atoms with Gasteiger partial charge in [0, 0.05) is 0 Å². The van der Waals surface area contributed by atoms with Gasteiger partial charge in [0.1, 0.15) is 0 Å². The van der Waals surface area contributed by atoms with Crippen molar-refractivity contribution in [2.24, 2.45) is 11.8 Å². The third kappa shape index (κ3) is 4.52. The molecule has 0 saturated carbocycles. The first-order valence-corrected chi connectivity index (χ1v) is 5.13. The Kier molecular flexibility index (Phi) is 6.83. The van der Waals surface area contributed by atoms with Crippen molar-refractivity contribution in [2.45, 2.75) is 33.6 Å². The lowest BCUT2D eigenvalue weighted by atomic mass is 9.91. The van der Waals surface area contributed by atoms with E-state index < -0.39 is 0 Å². The lowest BCUT2D eigenvalue weighted by Gasteiger charge is -2.18. The molecule has 1 heteroatoms. The predicted octanol–water partition coefficient (Wildman–Crippen LogP) is 3.54. The van der Waals surface area contributed by atoms with Crippen LogP contribution in [0.5, 0.6) is 0 Å². The Balaban J connectivity index is 3.80. The first-order chi connectivity index (χ1) is 5.26. The highest BCUT2D eigenvalue weighted by atomic mass is 32.1. The van der Waals surface area contributed by atoms with Crippen molar-refractivity contribution in [3.8, 4) is 0 Å². The molecule has 0 N–H and O–H groups in total. The minimum absolute atomic E-state index is 0.692. The minimum atomic E-state index is 0.692. The minimum Gasteiger partial charge on any atom is -0.179 e. The lowest BCUT2D eigenvalue weighted by molar-refractivity contribution is 0.432. The molecule has 0 aromatic carbocycles. The molecule has 0 spiro atoms. The Hall–Kier alpha value is 0.0900. The predicted molar refractivity (Wildman–Crippen MR) is 56.2 cm³/mol. The molecule has 0 rings (SSSR count). The van der Waals surface area contributed by atoms with Crippen molar-refractivity contribution in [3.05, 3.63) is 12.2 Å². The third-order valence-corrected chi connectivity index (χ3v) is 2.60. The molecule has 0 aromatic heterocycles. The van der Waals surface area contributed by atoms with Gasteiger partial charge in [-0.1, -0.05) is 32.4 Å². The molecule has 0 aliphatic rings. The van der Waals surface area contributed by atoms with Gasteiger partial charge in [-0.05, 0) is 30.9 Å². The summed E-state index contributed by atoms with van der Waals surface area (Å²) in [5.41, 5.74) is 0. The number of thiol groups is 1. The molecular formula is C10H20S. The fourth-order valence-electron chi connectivity index (χ4n) is 1.35. The van der Waals surface area contributed by atoms with E-state index in [9.17, 15) is 0 Å². The van der Waals surface area contributed by atoms with E-state index in [0.717, 1.165) is 11.7 Å². The summed E-state index contributed by atoms with van der Waals surface area (Å²) in [5.74, 6) is 2.47. The van der Waals surface area contributed by atoms with E-state index >= 15 is 0 Å². The first kappa shape index (κ1) is 11.1. The van der Waals surface area contributed by atoms with Gasteiger partial charge in [-0.15, -0.1) is 0 Å². The van der Waals surface area contributed by atoms with Crippen LogP contribution in [0.2, 0.25) is 0 Å². The van der Waals surface area contributed by atoms with Crippen LogP contribution in [0.25, 0.3) is 0 Å². The monoisotopic (exact) mass is 172 g/mol. The van der Waals surface area contributed by atoms with E-state index in [-0.39, 0.29) is 0 Å². The molecule has 0 heterocycles. The summed E-state index contributed by atoms with van der Waals surface area (Å²) in [5, 5.41) is 0. The van der Waals surface area contributed by atoms with Crippen LogP contribution in [-0.2, 0) is 0 Å². The van der Waals surface area contributed by atoms with Gasteiger partial charge in [-0.2, -0.15) is 12.6 Å². The first-order valence-electron chi connectivity index (χ1n) is 4.49. The van der Waals surface area contributed by atoms with Crippen LogP contribution in [-0.4, -0.2) is 5.75 Å². The fourth-order valence-corrected chi connectivity index (χ4v) is 1.87. The Morgan fingerprint density at radius 1 is 1.45 bits per heavy atom. The zero-order valence-electron chi connectivity index (χ0n) is 7.88. The zero-order valence-corrected chi connectivity index (χ0v) is 8.77. The molecule has 11 heavy (non-hydrogen) atoms. The Bertz CT molecular complexity index is 107. The summed E-state index contributed by atoms with van der Waals surface area (Å²) < 4.78 is 0. The molecule has 0 bridgehead atoms. The maximum absolute atomic E-state index is 4.35.